The van der Waals surface area contributed by atoms with E-state index in [1.807, 2.05) is 30.3 Å². The maximum atomic E-state index is 12.4. The number of aryl methyl sites for hydroxylation is 1. The van der Waals surface area contributed by atoms with Crippen LogP contribution >= 0.6 is 0 Å². The first-order valence-corrected chi connectivity index (χ1v) is 9.83. The van der Waals surface area contributed by atoms with E-state index in [-0.39, 0.29) is 5.91 Å². The van der Waals surface area contributed by atoms with Crippen LogP contribution in [0.5, 0.6) is 5.75 Å². The van der Waals surface area contributed by atoms with Crippen molar-refractivity contribution in [3.8, 4) is 5.75 Å². The number of benzene rings is 2. The van der Waals surface area contributed by atoms with Crippen molar-refractivity contribution < 1.29 is 9.53 Å². The van der Waals surface area contributed by atoms with Gasteiger partial charge in [-0.15, -0.1) is 0 Å². The lowest BCUT2D eigenvalue weighted by molar-refractivity contribution is 0.0953. The highest BCUT2D eigenvalue weighted by Crippen LogP contribution is 2.30. The Morgan fingerprint density at radius 2 is 1.86 bits per heavy atom. The summed E-state index contributed by atoms with van der Waals surface area (Å²) >= 11 is 0. The summed E-state index contributed by atoms with van der Waals surface area (Å²) in [5.74, 6) is 1.29. The summed E-state index contributed by atoms with van der Waals surface area (Å²) in [5, 5.41) is 2.93. The number of para-hydroxylation sites is 1. The molecule has 1 N–H and O–H groups in total. The molecule has 1 aliphatic rings. The van der Waals surface area contributed by atoms with Crippen LogP contribution in [-0.4, -0.2) is 36.1 Å². The molecule has 0 saturated heterocycles. The number of aromatic nitrogens is 2. The Bertz CT molecular complexity index is 971. The van der Waals surface area contributed by atoms with E-state index >= 15 is 0 Å². The van der Waals surface area contributed by atoms with Crippen molar-refractivity contribution in [1.29, 1.82) is 0 Å². The zero-order valence-electron chi connectivity index (χ0n) is 16.5. The van der Waals surface area contributed by atoms with Crippen molar-refractivity contribution in [3.05, 3.63) is 77.6 Å². The lowest BCUT2D eigenvalue weighted by Gasteiger charge is -2.29. The zero-order valence-corrected chi connectivity index (χ0v) is 16.5. The van der Waals surface area contributed by atoms with Crippen molar-refractivity contribution in [2.75, 3.05) is 25.1 Å². The highest BCUT2D eigenvalue weighted by Gasteiger charge is 2.20. The first kappa shape index (κ1) is 18.9. The quantitative estimate of drug-likeness (QED) is 0.700. The molecule has 0 unspecified atom stereocenters. The third kappa shape index (κ3) is 4.37. The monoisotopic (exact) mass is 388 g/mol. The minimum Gasteiger partial charge on any atom is -0.497 e. The van der Waals surface area contributed by atoms with Crippen molar-refractivity contribution in [2.24, 2.45) is 0 Å². The summed E-state index contributed by atoms with van der Waals surface area (Å²) in [6.45, 7) is 1.43. The number of hydrogen-bond acceptors (Lipinski definition) is 5. The minimum atomic E-state index is -0.163. The number of amides is 1. The van der Waals surface area contributed by atoms with Crippen LogP contribution in [0.3, 0.4) is 0 Å². The Balaban J connectivity index is 1.36. The average molecular weight is 388 g/mol. The second-order valence-electron chi connectivity index (χ2n) is 7.01. The fraction of sp³-hybridized carbons (Fsp3) is 0.261. The molecule has 1 aromatic heterocycles. The number of carbonyl (C=O) groups is 1. The molecular weight excluding hydrogens is 364 g/mol. The number of methoxy groups -OCH3 is 1. The molecule has 2 aromatic carbocycles. The van der Waals surface area contributed by atoms with Crippen LogP contribution in [0.25, 0.3) is 0 Å². The second-order valence-corrected chi connectivity index (χ2v) is 7.01. The molecule has 0 saturated carbocycles. The number of fused-ring (bicyclic) bond motifs is 1. The molecule has 3 aromatic rings. The van der Waals surface area contributed by atoms with Gasteiger partial charge in [0.1, 0.15) is 5.75 Å². The van der Waals surface area contributed by atoms with Gasteiger partial charge in [0.05, 0.1) is 12.7 Å². The molecular formula is C23H24N4O2. The van der Waals surface area contributed by atoms with Gasteiger partial charge >= 0.3 is 0 Å². The van der Waals surface area contributed by atoms with E-state index in [0.29, 0.717) is 18.1 Å². The standard InChI is InChI=1S/C23H24N4O2/c1-29-20-10-8-17(9-11-20)12-13-24-22(28)19-15-25-23(26-16-19)27-14-4-6-18-5-2-3-7-21(18)27/h2-3,5,7-11,15-16H,4,6,12-14H2,1H3,(H,24,28). The van der Waals surface area contributed by atoms with Crippen LogP contribution in [0.4, 0.5) is 11.6 Å². The Kier molecular flexibility index (Phi) is 5.70. The summed E-state index contributed by atoms with van der Waals surface area (Å²) in [4.78, 5) is 23.4. The van der Waals surface area contributed by atoms with Crippen LogP contribution in [0, 0.1) is 0 Å². The fourth-order valence-electron chi connectivity index (χ4n) is 3.53. The van der Waals surface area contributed by atoms with E-state index in [1.54, 1.807) is 19.5 Å². The van der Waals surface area contributed by atoms with Gasteiger partial charge in [0, 0.05) is 31.2 Å². The molecule has 6 heteroatoms. The Morgan fingerprint density at radius 3 is 2.62 bits per heavy atom. The van der Waals surface area contributed by atoms with Crippen molar-refractivity contribution in [3.63, 3.8) is 0 Å². The smallest absolute Gasteiger partial charge is 0.254 e. The maximum Gasteiger partial charge on any atom is 0.254 e. The summed E-state index contributed by atoms with van der Waals surface area (Å²) in [6.07, 6.45) is 6.08. The molecule has 0 spiro atoms. The molecule has 0 bridgehead atoms. The largest absolute Gasteiger partial charge is 0.497 e. The number of rotatable bonds is 6. The Morgan fingerprint density at radius 1 is 1.10 bits per heavy atom. The van der Waals surface area contributed by atoms with Gasteiger partial charge in [-0.25, -0.2) is 9.97 Å². The number of anilines is 2. The molecule has 6 nitrogen and oxygen atoms in total. The first-order valence-electron chi connectivity index (χ1n) is 9.83. The topological polar surface area (TPSA) is 67.3 Å². The van der Waals surface area contributed by atoms with Crippen LogP contribution in [-0.2, 0) is 12.8 Å². The molecule has 0 atom stereocenters. The normalized spacial score (nSPS) is 12.9. The van der Waals surface area contributed by atoms with E-state index in [0.717, 1.165) is 42.8 Å². The maximum absolute atomic E-state index is 12.4. The van der Waals surface area contributed by atoms with Gasteiger partial charge < -0.3 is 15.0 Å². The second kappa shape index (κ2) is 8.73. The first-order chi connectivity index (χ1) is 14.2. The molecule has 0 fully saturated rings. The van der Waals surface area contributed by atoms with Crippen molar-refractivity contribution in [1.82, 2.24) is 15.3 Å². The van der Waals surface area contributed by atoms with Crippen LogP contribution in [0.2, 0.25) is 0 Å². The van der Waals surface area contributed by atoms with E-state index in [2.05, 4.69) is 38.4 Å². The third-order valence-corrected chi connectivity index (χ3v) is 5.11. The summed E-state index contributed by atoms with van der Waals surface area (Å²) < 4.78 is 5.16. The van der Waals surface area contributed by atoms with E-state index < -0.39 is 0 Å². The minimum absolute atomic E-state index is 0.163. The van der Waals surface area contributed by atoms with E-state index in [9.17, 15) is 4.79 Å². The third-order valence-electron chi connectivity index (χ3n) is 5.11. The van der Waals surface area contributed by atoms with E-state index in [1.165, 1.54) is 5.56 Å². The molecule has 4 rings (SSSR count). The predicted octanol–water partition coefficient (Wildman–Crippen LogP) is 3.54. The summed E-state index contributed by atoms with van der Waals surface area (Å²) in [6, 6.07) is 16.2. The summed E-state index contributed by atoms with van der Waals surface area (Å²) in [5.41, 5.74) is 4.06. The van der Waals surface area contributed by atoms with Crippen molar-refractivity contribution in [2.45, 2.75) is 19.3 Å². The highest BCUT2D eigenvalue weighted by atomic mass is 16.5. The Hall–Kier alpha value is -3.41. The molecule has 2 heterocycles. The SMILES string of the molecule is COc1ccc(CCNC(=O)c2cnc(N3CCCc4ccccc43)nc2)cc1. The molecule has 0 aliphatic carbocycles. The van der Waals surface area contributed by atoms with Gasteiger partial charge in [-0.1, -0.05) is 30.3 Å². The number of nitrogens with zero attached hydrogens (tertiary/aromatic N) is 3. The van der Waals surface area contributed by atoms with Gasteiger partial charge in [-0.2, -0.15) is 0 Å². The highest BCUT2D eigenvalue weighted by molar-refractivity contribution is 5.93. The molecule has 148 valence electrons. The molecule has 0 radical (unpaired) electrons. The fourth-order valence-corrected chi connectivity index (χ4v) is 3.53. The van der Waals surface area contributed by atoms with Crippen molar-refractivity contribution >= 4 is 17.5 Å². The van der Waals surface area contributed by atoms with Gasteiger partial charge in [0.25, 0.3) is 5.91 Å². The number of hydrogen-bond donors (Lipinski definition) is 1. The molecule has 1 amide bonds. The lowest BCUT2D eigenvalue weighted by Crippen LogP contribution is -2.28. The number of ether oxygens (including phenoxy) is 1. The molecule has 1 aliphatic heterocycles. The van der Waals surface area contributed by atoms with Gasteiger partial charge in [0.2, 0.25) is 5.95 Å². The predicted molar refractivity (Wildman–Crippen MR) is 113 cm³/mol. The lowest BCUT2D eigenvalue weighted by atomic mass is 10.0. The molecule has 29 heavy (non-hydrogen) atoms. The zero-order chi connectivity index (χ0) is 20.1. The van der Waals surface area contributed by atoms with Gasteiger partial charge in [0.15, 0.2) is 0 Å². The van der Waals surface area contributed by atoms with Crippen LogP contribution < -0.4 is 15.0 Å². The average Bonchev–Trinajstić information content (AvgIpc) is 2.79. The van der Waals surface area contributed by atoms with Gasteiger partial charge in [-0.3, -0.25) is 4.79 Å². The van der Waals surface area contributed by atoms with Crippen LogP contribution in [0.1, 0.15) is 27.9 Å². The Labute approximate surface area is 170 Å². The summed E-state index contributed by atoms with van der Waals surface area (Å²) in [7, 11) is 1.65. The van der Waals surface area contributed by atoms with Crippen LogP contribution in [0.15, 0.2) is 60.9 Å². The van der Waals surface area contributed by atoms with Gasteiger partial charge in [-0.05, 0) is 48.6 Å². The number of nitrogens with one attached hydrogen (secondary N) is 1. The van der Waals surface area contributed by atoms with E-state index in [4.69, 9.17) is 4.74 Å². The number of carbonyl (C=O) groups excluding carboxylic acids is 1.